The van der Waals surface area contributed by atoms with Crippen LogP contribution in [-0.2, 0) is 6.42 Å². The number of hydrogen-bond donors (Lipinski definition) is 2. The fourth-order valence-corrected chi connectivity index (χ4v) is 3.19. The van der Waals surface area contributed by atoms with Gasteiger partial charge in [0.05, 0.1) is 24.3 Å². The number of phenols is 1. The number of ketones is 1. The number of phenolic OH excluding ortho intramolecular Hbond substituents is 1. The first-order valence-electron chi connectivity index (χ1n) is 10.6. The molecular weight excluding hydrogens is 470 g/mol. The van der Waals surface area contributed by atoms with Crippen molar-refractivity contribution in [2.24, 2.45) is 0 Å². The quantitative estimate of drug-likeness (QED) is 0.213. The van der Waals surface area contributed by atoms with Gasteiger partial charge in [0.1, 0.15) is 28.7 Å². The Hall–Kier alpha value is -2.00. The van der Waals surface area contributed by atoms with E-state index < -0.39 is 5.97 Å². The van der Waals surface area contributed by atoms with Crippen molar-refractivity contribution in [3.05, 3.63) is 77.4 Å². The summed E-state index contributed by atoms with van der Waals surface area (Å²) in [6.07, 6.45) is 1.28. The predicted octanol–water partition coefficient (Wildman–Crippen LogP) is -0.271. The van der Waals surface area contributed by atoms with Crippen LogP contribution < -0.4 is 73.3 Å². The molecular formula is C26H28Na2O7. The number of aromatic carboxylic acids is 1. The number of hydrogen-bond acceptors (Lipinski definition) is 6. The maximum absolute atomic E-state index is 11.6. The van der Waals surface area contributed by atoms with E-state index in [9.17, 15) is 14.7 Å². The predicted molar refractivity (Wildman–Crippen MR) is 125 cm³/mol. The molecule has 0 bridgehead atoms. The van der Waals surface area contributed by atoms with Gasteiger partial charge in [-0.05, 0) is 55.3 Å². The van der Waals surface area contributed by atoms with Gasteiger partial charge in [-0.1, -0.05) is 19.1 Å². The van der Waals surface area contributed by atoms with Crippen molar-refractivity contribution in [2.45, 2.75) is 26.7 Å². The summed E-state index contributed by atoms with van der Waals surface area (Å²) in [4.78, 5) is 22.7. The zero-order chi connectivity index (χ0) is 23.8. The Balaban J connectivity index is 0. The molecule has 2 N–H and O–H groups in total. The molecule has 0 aliphatic carbocycles. The van der Waals surface area contributed by atoms with E-state index in [0.29, 0.717) is 54.6 Å². The molecule has 0 amide bonds. The minimum absolute atomic E-state index is 0. The summed E-state index contributed by atoms with van der Waals surface area (Å²) >= 11 is 0. The Bertz CT molecular complexity index is 1160. The number of aromatic hydroxyl groups is 1. The summed E-state index contributed by atoms with van der Waals surface area (Å²) in [5.74, 6) is 0.820. The maximum atomic E-state index is 11.6. The molecule has 0 aliphatic rings. The minimum Gasteiger partial charge on any atom is -1.00 e. The monoisotopic (exact) mass is 498 g/mol. The van der Waals surface area contributed by atoms with Gasteiger partial charge >= 0.3 is 65.1 Å². The van der Waals surface area contributed by atoms with E-state index in [1.807, 2.05) is 6.92 Å². The first-order valence-corrected chi connectivity index (χ1v) is 10.6. The number of carboxylic acid groups (broad SMARTS) is 1. The summed E-state index contributed by atoms with van der Waals surface area (Å²) in [7, 11) is 0. The molecule has 9 heteroatoms. The van der Waals surface area contributed by atoms with Crippen LogP contribution in [0.1, 0.15) is 49.4 Å². The van der Waals surface area contributed by atoms with Gasteiger partial charge in [0.2, 0.25) is 0 Å². The van der Waals surface area contributed by atoms with E-state index in [4.69, 9.17) is 19.3 Å². The molecule has 0 saturated carbocycles. The summed E-state index contributed by atoms with van der Waals surface area (Å²) in [6.45, 7) is 4.15. The van der Waals surface area contributed by atoms with Gasteiger partial charge in [-0.3, -0.25) is 4.79 Å². The Morgan fingerprint density at radius 3 is 2.17 bits per heavy atom. The number of rotatable bonds is 11. The molecule has 0 aliphatic heterocycles. The van der Waals surface area contributed by atoms with E-state index in [2.05, 4.69) is 0 Å². The number of ether oxygens (including phenoxy) is 3. The number of benzene rings is 3. The third kappa shape index (κ3) is 9.18. The number of carbonyl (C=O) groups is 2. The van der Waals surface area contributed by atoms with Crippen LogP contribution in [0.15, 0.2) is 60.7 Å². The van der Waals surface area contributed by atoms with Crippen LogP contribution in [0.3, 0.4) is 0 Å². The van der Waals surface area contributed by atoms with Gasteiger partial charge in [0.25, 0.3) is 0 Å². The number of Topliss-reactive ketones (excluding diaryl/α,β-unsaturated/α-hetero) is 1. The summed E-state index contributed by atoms with van der Waals surface area (Å²) in [5.41, 5.74) is 1.30. The van der Waals surface area contributed by atoms with Crippen LogP contribution in [0, 0.1) is 0 Å². The number of carboxylic acids is 1. The normalized spacial score (nSPS) is 9.89. The fourth-order valence-electron chi connectivity index (χ4n) is 3.19. The average molecular weight is 498 g/mol. The molecule has 3 aromatic carbocycles. The summed E-state index contributed by atoms with van der Waals surface area (Å²) < 4.78 is 17.3. The molecule has 7 nitrogen and oxygen atoms in total. The van der Waals surface area contributed by atoms with Crippen LogP contribution in [-0.4, -0.2) is 35.2 Å². The van der Waals surface area contributed by atoms with E-state index in [1.54, 1.807) is 42.5 Å². The third-order valence-electron chi connectivity index (χ3n) is 4.88. The maximum Gasteiger partial charge on any atom is 1.00 e. The fraction of sp³-hybridized carbons (Fsp3) is 0.231. The van der Waals surface area contributed by atoms with E-state index in [-0.39, 0.29) is 79.1 Å². The van der Waals surface area contributed by atoms with Crippen molar-refractivity contribution in [2.75, 3.05) is 13.2 Å². The third-order valence-corrected chi connectivity index (χ3v) is 4.88. The van der Waals surface area contributed by atoms with Gasteiger partial charge in [0.15, 0.2) is 5.78 Å². The summed E-state index contributed by atoms with van der Waals surface area (Å²) in [5, 5.41) is 19.1. The molecule has 0 unspecified atom stereocenters. The Labute approximate surface area is 252 Å². The minimum atomic E-state index is -1.02. The van der Waals surface area contributed by atoms with Gasteiger partial charge in [-0.15, -0.1) is 0 Å². The molecule has 3 aromatic rings. The van der Waals surface area contributed by atoms with Crippen molar-refractivity contribution >= 4 is 11.8 Å². The van der Waals surface area contributed by atoms with Crippen molar-refractivity contribution in [1.82, 2.24) is 0 Å². The molecule has 0 atom stereocenters. The van der Waals surface area contributed by atoms with Gasteiger partial charge in [0, 0.05) is 18.6 Å². The first-order chi connectivity index (χ1) is 15.9. The largest absolute Gasteiger partial charge is 1.00 e. The number of aryl methyl sites for hydroxylation is 1. The molecule has 3 rings (SSSR count). The Morgan fingerprint density at radius 2 is 1.51 bits per heavy atom. The van der Waals surface area contributed by atoms with Crippen molar-refractivity contribution in [3.63, 3.8) is 0 Å². The van der Waals surface area contributed by atoms with Crippen LogP contribution in [0.25, 0.3) is 0 Å². The Kier molecular flexibility index (Phi) is 13.5. The smallest absolute Gasteiger partial charge is 1.00 e. The Morgan fingerprint density at radius 1 is 0.886 bits per heavy atom. The first kappa shape index (κ1) is 31.0. The second-order valence-corrected chi connectivity index (χ2v) is 7.35. The zero-order valence-electron chi connectivity index (χ0n) is 22.5. The van der Waals surface area contributed by atoms with E-state index in [1.165, 1.54) is 25.1 Å². The molecule has 0 aromatic heterocycles. The van der Waals surface area contributed by atoms with Gasteiger partial charge in [-0.2, -0.15) is 0 Å². The molecule has 0 heterocycles. The average Bonchev–Trinajstić information content (AvgIpc) is 2.79. The zero-order valence-corrected chi connectivity index (χ0v) is 24.5. The van der Waals surface area contributed by atoms with Crippen molar-refractivity contribution in [3.8, 4) is 28.7 Å². The second-order valence-electron chi connectivity index (χ2n) is 7.35. The van der Waals surface area contributed by atoms with Gasteiger partial charge in [-0.25, -0.2) is 4.79 Å². The molecule has 35 heavy (non-hydrogen) atoms. The van der Waals surface area contributed by atoms with Crippen LogP contribution >= 0.6 is 0 Å². The number of carbonyl (C=O) groups excluding carboxylic acids is 1. The van der Waals surface area contributed by atoms with Gasteiger partial charge < -0.3 is 27.3 Å². The van der Waals surface area contributed by atoms with Crippen LogP contribution in [0.4, 0.5) is 0 Å². The van der Waals surface area contributed by atoms with E-state index >= 15 is 0 Å². The van der Waals surface area contributed by atoms with E-state index in [0.717, 1.165) is 5.56 Å². The molecule has 176 valence electrons. The molecule has 0 saturated heterocycles. The second kappa shape index (κ2) is 15.2. The van der Waals surface area contributed by atoms with Crippen molar-refractivity contribution in [1.29, 1.82) is 0 Å². The van der Waals surface area contributed by atoms with Crippen LogP contribution in [0.2, 0.25) is 0 Å². The molecule has 0 fully saturated rings. The summed E-state index contributed by atoms with van der Waals surface area (Å²) in [6, 6.07) is 16.5. The SMILES string of the molecule is CCc1cc(C(C)=O)c(O)cc1OCCCOc1cccc(Oc2cccc(C(=O)O)c2)c1.[H-].[H-].[Na+].[Na+]. The molecule has 0 radical (unpaired) electrons. The topological polar surface area (TPSA) is 102 Å². The standard InChI is InChI=1S/C26H26O7.2Na.2H/c1-3-18-14-23(17(2)27)24(28)16-25(18)32-12-6-11-31-20-8-5-10-22(15-20)33-21-9-4-7-19(13-21)26(29)30;;;;/h4-5,7-10,13-16,28H,3,6,11-12H2,1-2H3,(H,29,30);;;;/q;2*+1;2*-1. The molecule has 0 spiro atoms. The van der Waals surface area contributed by atoms with Crippen LogP contribution in [0.5, 0.6) is 28.7 Å². The van der Waals surface area contributed by atoms with Crippen molar-refractivity contribution < 1.29 is 96.0 Å².